The fourth-order valence-electron chi connectivity index (χ4n) is 2.38. The second-order valence-electron chi connectivity index (χ2n) is 7.23. The Hall–Kier alpha value is -1.58. The molecule has 2 aromatic rings. The van der Waals surface area contributed by atoms with Crippen LogP contribution in [0, 0.1) is 0 Å². The minimum atomic E-state index is -4.45. The van der Waals surface area contributed by atoms with Crippen LogP contribution in [0.15, 0.2) is 57.2 Å². The molecule has 0 radical (unpaired) electrons. The molecule has 0 aliphatic heterocycles. The average Bonchev–Trinajstić information content (AvgIpc) is 2.59. The van der Waals surface area contributed by atoms with E-state index in [9.17, 15) is 18.1 Å². The Kier molecular flexibility index (Phi) is 6.93. The Morgan fingerprint density at radius 2 is 1.67 bits per heavy atom. The Labute approximate surface area is 164 Å². The molecule has 2 rings (SSSR count). The van der Waals surface area contributed by atoms with Crippen molar-refractivity contribution in [1.82, 2.24) is 0 Å². The smallest absolute Gasteiger partial charge is 0.296 e. The van der Waals surface area contributed by atoms with Crippen molar-refractivity contribution in [2.75, 3.05) is 18.5 Å². The van der Waals surface area contributed by atoms with Crippen LogP contribution in [0.25, 0.3) is 0 Å². The molecule has 2 aromatic carbocycles. The van der Waals surface area contributed by atoms with Crippen molar-refractivity contribution < 1.29 is 23.2 Å². The lowest BCUT2D eigenvalue weighted by molar-refractivity contribution is 0.105. The molecule has 0 bridgehead atoms. The quantitative estimate of drug-likeness (QED) is 0.519. The summed E-state index contributed by atoms with van der Waals surface area (Å²) in [5.74, 6) is 0. The summed E-state index contributed by atoms with van der Waals surface area (Å²) in [6, 6.07) is 12.7. The summed E-state index contributed by atoms with van der Waals surface area (Å²) in [6.07, 6.45) is -1.03. The van der Waals surface area contributed by atoms with Crippen molar-refractivity contribution >= 4 is 27.6 Å². The first kappa shape index (κ1) is 21.7. The molecule has 0 spiro atoms. The van der Waals surface area contributed by atoms with Gasteiger partial charge in [-0.05, 0) is 41.3 Å². The molecular weight excluding hydrogens is 386 g/mol. The van der Waals surface area contributed by atoms with Gasteiger partial charge >= 0.3 is 0 Å². The maximum absolute atomic E-state index is 11.7. The number of hydrogen-bond acceptors (Lipinski definition) is 6. The van der Waals surface area contributed by atoms with E-state index in [4.69, 9.17) is 5.11 Å². The van der Waals surface area contributed by atoms with E-state index in [0.29, 0.717) is 4.90 Å². The number of anilines is 1. The lowest BCUT2D eigenvalue weighted by Crippen LogP contribution is -2.23. The standard InChI is InChI=1S/C19H25NO5S2/c1-19(2,3)13-4-6-15(7-5-13)26-16-8-9-17(20-11-14(22)12-21)18(10-16)27(23,24)25/h4-10,14,20-22H,11-12H2,1-3H3,(H,23,24,25). The Morgan fingerprint density at radius 1 is 1.07 bits per heavy atom. The topological polar surface area (TPSA) is 107 Å². The first-order valence-electron chi connectivity index (χ1n) is 8.43. The number of aliphatic hydroxyl groups excluding tert-OH is 2. The molecule has 0 amide bonds. The van der Waals surface area contributed by atoms with Crippen LogP contribution in [0.5, 0.6) is 0 Å². The van der Waals surface area contributed by atoms with Gasteiger partial charge in [0.25, 0.3) is 10.1 Å². The van der Waals surface area contributed by atoms with Crippen molar-refractivity contribution in [3.05, 3.63) is 48.0 Å². The van der Waals surface area contributed by atoms with Crippen molar-refractivity contribution in [3.8, 4) is 0 Å². The molecule has 0 heterocycles. The molecule has 0 aliphatic rings. The number of nitrogens with one attached hydrogen (secondary N) is 1. The molecular formula is C19H25NO5S2. The Morgan fingerprint density at radius 3 is 2.19 bits per heavy atom. The third kappa shape index (κ3) is 6.22. The summed E-state index contributed by atoms with van der Waals surface area (Å²) < 4.78 is 33.0. The summed E-state index contributed by atoms with van der Waals surface area (Å²) in [5.41, 5.74) is 1.42. The van der Waals surface area contributed by atoms with E-state index in [1.54, 1.807) is 6.07 Å². The van der Waals surface area contributed by atoms with Crippen LogP contribution in [0.4, 0.5) is 5.69 Å². The molecule has 0 aliphatic carbocycles. The first-order valence-corrected chi connectivity index (χ1v) is 10.7. The van der Waals surface area contributed by atoms with Crippen LogP contribution in [0.2, 0.25) is 0 Å². The van der Waals surface area contributed by atoms with Gasteiger partial charge in [-0.2, -0.15) is 8.42 Å². The third-order valence-electron chi connectivity index (χ3n) is 3.93. The first-order chi connectivity index (χ1) is 12.5. The summed E-state index contributed by atoms with van der Waals surface area (Å²) in [7, 11) is -4.45. The molecule has 0 aromatic heterocycles. The molecule has 1 unspecified atom stereocenters. The van der Waals surface area contributed by atoms with E-state index in [1.165, 1.54) is 29.5 Å². The summed E-state index contributed by atoms with van der Waals surface area (Å²) >= 11 is 1.38. The second kappa shape index (κ2) is 8.62. The van der Waals surface area contributed by atoms with E-state index in [-0.39, 0.29) is 22.5 Å². The monoisotopic (exact) mass is 411 g/mol. The van der Waals surface area contributed by atoms with Crippen LogP contribution in [0.3, 0.4) is 0 Å². The van der Waals surface area contributed by atoms with Gasteiger partial charge in [0.15, 0.2) is 0 Å². The Bertz CT molecular complexity index is 874. The molecule has 0 saturated heterocycles. The highest BCUT2D eigenvalue weighted by molar-refractivity contribution is 7.99. The van der Waals surface area contributed by atoms with Gasteiger partial charge in [-0.15, -0.1) is 0 Å². The predicted octanol–water partition coefficient (Wildman–Crippen LogP) is 3.15. The zero-order chi connectivity index (χ0) is 20.2. The van der Waals surface area contributed by atoms with Gasteiger partial charge in [0.1, 0.15) is 4.90 Å². The van der Waals surface area contributed by atoms with Crippen LogP contribution in [-0.4, -0.2) is 42.4 Å². The minimum Gasteiger partial charge on any atom is -0.394 e. The number of benzene rings is 2. The van der Waals surface area contributed by atoms with Crippen LogP contribution < -0.4 is 5.32 Å². The summed E-state index contributed by atoms with van der Waals surface area (Å²) in [6.45, 7) is 5.90. The molecule has 0 saturated carbocycles. The third-order valence-corrected chi connectivity index (χ3v) is 5.82. The van der Waals surface area contributed by atoms with Crippen molar-refractivity contribution in [2.24, 2.45) is 0 Å². The maximum Gasteiger partial charge on any atom is 0.296 e. The van der Waals surface area contributed by atoms with E-state index in [0.717, 1.165) is 4.90 Å². The molecule has 4 N–H and O–H groups in total. The largest absolute Gasteiger partial charge is 0.394 e. The zero-order valence-electron chi connectivity index (χ0n) is 15.5. The van der Waals surface area contributed by atoms with E-state index in [1.807, 2.05) is 24.3 Å². The number of aliphatic hydroxyl groups is 2. The van der Waals surface area contributed by atoms with Crippen LogP contribution in [-0.2, 0) is 15.5 Å². The highest BCUT2D eigenvalue weighted by atomic mass is 32.2. The molecule has 1 atom stereocenters. The van der Waals surface area contributed by atoms with Crippen molar-refractivity contribution in [3.63, 3.8) is 0 Å². The zero-order valence-corrected chi connectivity index (χ0v) is 17.1. The maximum atomic E-state index is 11.7. The SMILES string of the molecule is CC(C)(C)c1ccc(Sc2ccc(NCC(O)CO)c(S(=O)(=O)O)c2)cc1. The number of rotatable bonds is 7. The average molecular weight is 412 g/mol. The van der Waals surface area contributed by atoms with E-state index in [2.05, 4.69) is 26.1 Å². The van der Waals surface area contributed by atoms with Gasteiger partial charge in [0.05, 0.1) is 18.4 Å². The molecule has 27 heavy (non-hydrogen) atoms. The van der Waals surface area contributed by atoms with Crippen molar-refractivity contribution in [1.29, 1.82) is 0 Å². The molecule has 0 fully saturated rings. The highest BCUT2D eigenvalue weighted by Gasteiger charge is 2.18. The normalized spacial score (nSPS) is 13.4. The van der Waals surface area contributed by atoms with E-state index < -0.39 is 22.8 Å². The van der Waals surface area contributed by atoms with Gasteiger partial charge in [-0.3, -0.25) is 4.55 Å². The fraction of sp³-hybridized carbons (Fsp3) is 0.368. The second-order valence-corrected chi connectivity index (χ2v) is 9.76. The number of hydrogen-bond donors (Lipinski definition) is 4. The van der Waals surface area contributed by atoms with Gasteiger partial charge in [0.2, 0.25) is 0 Å². The van der Waals surface area contributed by atoms with Gasteiger partial charge in [-0.25, -0.2) is 0 Å². The highest BCUT2D eigenvalue weighted by Crippen LogP contribution is 2.33. The van der Waals surface area contributed by atoms with Gasteiger partial charge in [-0.1, -0.05) is 44.7 Å². The predicted molar refractivity (Wildman–Crippen MR) is 107 cm³/mol. The van der Waals surface area contributed by atoms with Crippen LogP contribution in [0.1, 0.15) is 26.3 Å². The minimum absolute atomic E-state index is 0.0419. The van der Waals surface area contributed by atoms with Gasteiger partial charge in [0, 0.05) is 16.3 Å². The summed E-state index contributed by atoms with van der Waals surface area (Å²) in [4.78, 5) is 1.32. The molecule has 8 heteroatoms. The van der Waals surface area contributed by atoms with E-state index >= 15 is 0 Å². The van der Waals surface area contributed by atoms with Crippen LogP contribution >= 0.6 is 11.8 Å². The molecule has 148 valence electrons. The molecule has 6 nitrogen and oxygen atoms in total. The lowest BCUT2D eigenvalue weighted by Gasteiger charge is -2.19. The lowest BCUT2D eigenvalue weighted by atomic mass is 9.87. The summed E-state index contributed by atoms with van der Waals surface area (Å²) in [5, 5.41) is 21.0. The van der Waals surface area contributed by atoms with Crippen molar-refractivity contribution in [2.45, 2.75) is 47.0 Å². The fourth-order valence-corrected chi connectivity index (χ4v) is 4.00. The van der Waals surface area contributed by atoms with Gasteiger partial charge < -0.3 is 15.5 Å². The Balaban J connectivity index is 2.25.